The molecule has 2 unspecified atom stereocenters. The maximum atomic E-state index is 12.4. The standard InChI is InChI=1S/C11H14N2O3S2/c1-3-9-13(7(5-17-9)11(15)16)10(14)8-4-12-6(2)18-8/h4,7,9H,3,5H2,1-2H3,(H,15,16). The topological polar surface area (TPSA) is 70.5 Å². The van der Waals surface area contributed by atoms with E-state index in [1.54, 1.807) is 0 Å². The summed E-state index contributed by atoms with van der Waals surface area (Å²) >= 11 is 2.83. The summed E-state index contributed by atoms with van der Waals surface area (Å²) in [5.74, 6) is -0.699. The zero-order valence-corrected chi connectivity index (χ0v) is 11.8. The molecule has 0 radical (unpaired) electrons. The molecule has 1 aliphatic heterocycles. The van der Waals surface area contributed by atoms with E-state index in [9.17, 15) is 14.7 Å². The number of carbonyl (C=O) groups is 2. The second kappa shape index (κ2) is 5.27. The fourth-order valence-corrected chi connectivity index (χ4v) is 4.00. The van der Waals surface area contributed by atoms with Crippen molar-refractivity contribution in [2.45, 2.75) is 31.7 Å². The SMILES string of the molecule is CCC1SCC(C(=O)O)N1C(=O)c1cnc(C)s1. The van der Waals surface area contributed by atoms with Crippen LogP contribution in [0.1, 0.15) is 28.0 Å². The lowest BCUT2D eigenvalue weighted by Crippen LogP contribution is -2.45. The molecule has 1 N–H and O–H groups in total. The summed E-state index contributed by atoms with van der Waals surface area (Å²) in [4.78, 5) is 29.6. The van der Waals surface area contributed by atoms with Crippen molar-refractivity contribution in [3.63, 3.8) is 0 Å². The first kappa shape index (κ1) is 13.4. The van der Waals surface area contributed by atoms with Crippen LogP contribution in [0.5, 0.6) is 0 Å². The molecule has 7 heteroatoms. The number of hydrogen-bond acceptors (Lipinski definition) is 5. The lowest BCUT2D eigenvalue weighted by molar-refractivity contribution is -0.141. The predicted molar refractivity (Wildman–Crippen MR) is 71.0 cm³/mol. The van der Waals surface area contributed by atoms with Crippen molar-refractivity contribution >= 4 is 35.0 Å². The van der Waals surface area contributed by atoms with Gasteiger partial charge in [0, 0.05) is 5.75 Å². The maximum Gasteiger partial charge on any atom is 0.327 e. The fourth-order valence-electron chi connectivity index (χ4n) is 1.93. The van der Waals surface area contributed by atoms with Gasteiger partial charge < -0.3 is 10.0 Å². The number of carboxylic acid groups (broad SMARTS) is 1. The van der Waals surface area contributed by atoms with Gasteiger partial charge in [-0.1, -0.05) is 6.92 Å². The number of rotatable bonds is 3. The first-order valence-electron chi connectivity index (χ1n) is 5.64. The minimum atomic E-state index is -0.937. The second-order valence-corrected chi connectivity index (χ2v) is 6.45. The highest BCUT2D eigenvalue weighted by atomic mass is 32.2. The molecule has 1 aliphatic rings. The highest BCUT2D eigenvalue weighted by molar-refractivity contribution is 8.00. The van der Waals surface area contributed by atoms with Crippen molar-refractivity contribution in [3.05, 3.63) is 16.1 Å². The quantitative estimate of drug-likeness (QED) is 0.918. The Bertz CT molecular complexity index is 475. The predicted octanol–water partition coefficient (Wildman–Crippen LogP) is 1.83. The Labute approximate surface area is 113 Å². The number of thiazole rings is 1. The highest BCUT2D eigenvalue weighted by Crippen LogP contribution is 2.33. The molecule has 2 rings (SSSR count). The van der Waals surface area contributed by atoms with Crippen LogP contribution in [0.25, 0.3) is 0 Å². The summed E-state index contributed by atoms with van der Waals surface area (Å²) in [6, 6.07) is -0.727. The summed E-state index contributed by atoms with van der Waals surface area (Å²) in [6.45, 7) is 3.78. The summed E-state index contributed by atoms with van der Waals surface area (Å²) in [5, 5.41) is 9.93. The van der Waals surface area contributed by atoms with E-state index in [0.29, 0.717) is 10.6 Å². The third-order valence-electron chi connectivity index (χ3n) is 2.79. The van der Waals surface area contributed by atoms with Crippen LogP contribution in [0, 0.1) is 6.92 Å². The van der Waals surface area contributed by atoms with Crippen molar-refractivity contribution in [2.75, 3.05) is 5.75 Å². The summed E-state index contributed by atoms with van der Waals surface area (Å²) in [5.41, 5.74) is 0. The molecule has 0 aromatic carbocycles. The van der Waals surface area contributed by atoms with Crippen LogP contribution < -0.4 is 0 Å². The van der Waals surface area contributed by atoms with Gasteiger partial charge in [-0.15, -0.1) is 23.1 Å². The lowest BCUT2D eigenvalue weighted by atomic mass is 10.2. The van der Waals surface area contributed by atoms with Gasteiger partial charge in [0.1, 0.15) is 10.9 Å². The molecular formula is C11H14N2O3S2. The van der Waals surface area contributed by atoms with Crippen LogP contribution in [0.2, 0.25) is 0 Å². The molecule has 2 atom stereocenters. The molecule has 0 bridgehead atoms. The van der Waals surface area contributed by atoms with Crippen molar-refractivity contribution in [3.8, 4) is 0 Å². The van der Waals surface area contributed by atoms with Gasteiger partial charge in [-0.25, -0.2) is 9.78 Å². The number of carbonyl (C=O) groups excluding carboxylic acids is 1. The molecule has 2 heterocycles. The third kappa shape index (κ3) is 2.37. The van der Waals surface area contributed by atoms with Gasteiger partial charge >= 0.3 is 5.97 Å². The van der Waals surface area contributed by atoms with Crippen molar-refractivity contribution in [2.24, 2.45) is 0 Å². The zero-order valence-electron chi connectivity index (χ0n) is 10.1. The Morgan fingerprint density at radius 1 is 1.61 bits per heavy atom. The Balaban J connectivity index is 2.27. The lowest BCUT2D eigenvalue weighted by Gasteiger charge is -2.25. The summed E-state index contributed by atoms with van der Waals surface area (Å²) in [7, 11) is 0. The van der Waals surface area contributed by atoms with Crippen LogP contribution in [-0.2, 0) is 4.79 Å². The van der Waals surface area contributed by atoms with Crippen LogP contribution in [-0.4, -0.2) is 44.0 Å². The molecule has 1 aromatic rings. The van der Waals surface area contributed by atoms with E-state index in [1.165, 1.54) is 34.2 Å². The Kier molecular flexibility index (Phi) is 3.91. The minimum Gasteiger partial charge on any atom is -0.480 e. The number of amides is 1. The van der Waals surface area contributed by atoms with Crippen molar-refractivity contribution in [1.82, 2.24) is 9.88 Å². The van der Waals surface area contributed by atoms with Gasteiger partial charge in [0.2, 0.25) is 0 Å². The van der Waals surface area contributed by atoms with E-state index < -0.39 is 12.0 Å². The molecule has 1 fully saturated rings. The highest BCUT2D eigenvalue weighted by Gasteiger charge is 2.41. The average molecular weight is 286 g/mol. The van der Waals surface area contributed by atoms with E-state index in [4.69, 9.17) is 0 Å². The van der Waals surface area contributed by atoms with Gasteiger partial charge in [0.05, 0.1) is 16.6 Å². The molecule has 0 spiro atoms. The van der Waals surface area contributed by atoms with Crippen LogP contribution >= 0.6 is 23.1 Å². The number of aliphatic carboxylic acids is 1. The zero-order chi connectivity index (χ0) is 13.3. The molecule has 1 amide bonds. The van der Waals surface area contributed by atoms with Crippen molar-refractivity contribution in [1.29, 1.82) is 0 Å². The average Bonchev–Trinajstić information content (AvgIpc) is 2.93. The number of nitrogens with zero attached hydrogens (tertiary/aromatic N) is 2. The number of thioether (sulfide) groups is 1. The molecule has 98 valence electrons. The van der Waals surface area contributed by atoms with Crippen LogP contribution in [0.15, 0.2) is 6.20 Å². The van der Waals surface area contributed by atoms with E-state index in [2.05, 4.69) is 4.98 Å². The minimum absolute atomic E-state index is 0.0546. The maximum absolute atomic E-state index is 12.4. The van der Waals surface area contributed by atoms with Crippen LogP contribution in [0.4, 0.5) is 0 Å². The van der Waals surface area contributed by atoms with E-state index in [-0.39, 0.29) is 11.3 Å². The molecule has 0 saturated carbocycles. The molecule has 1 aromatic heterocycles. The number of aryl methyl sites for hydroxylation is 1. The summed E-state index contributed by atoms with van der Waals surface area (Å²) < 4.78 is 0. The molecule has 0 aliphatic carbocycles. The molecule has 18 heavy (non-hydrogen) atoms. The largest absolute Gasteiger partial charge is 0.480 e. The molecule has 1 saturated heterocycles. The van der Waals surface area contributed by atoms with Gasteiger partial charge in [0.25, 0.3) is 5.91 Å². The van der Waals surface area contributed by atoms with Gasteiger partial charge in [-0.2, -0.15) is 0 Å². The number of carboxylic acids is 1. The monoisotopic (exact) mass is 286 g/mol. The fraction of sp³-hybridized carbons (Fsp3) is 0.545. The molecular weight excluding hydrogens is 272 g/mol. The van der Waals surface area contributed by atoms with Crippen molar-refractivity contribution < 1.29 is 14.7 Å². The summed E-state index contributed by atoms with van der Waals surface area (Å²) in [6.07, 6.45) is 2.27. The Morgan fingerprint density at radius 2 is 2.33 bits per heavy atom. The Hall–Kier alpha value is -1.08. The van der Waals surface area contributed by atoms with Crippen LogP contribution in [0.3, 0.4) is 0 Å². The van der Waals surface area contributed by atoms with E-state index in [1.807, 2.05) is 13.8 Å². The third-order valence-corrected chi connectivity index (χ3v) is 5.15. The molecule has 5 nitrogen and oxygen atoms in total. The smallest absolute Gasteiger partial charge is 0.327 e. The second-order valence-electron chi connectivity index (χ2n) is 4.01. The van der Waals surface area contributed by atoms with E-state index >= 15 is 0 Å². The van der Waals surface area contributed by atoms with Gasteiger partial charge in [-0.3, -0.25) is 4.79 Å². The first-order chi connectivity index (χ1) is 8.54. The van der Waals surface area contributed by atoms with Gasteiger partial charge in [0.15, 0.2) is 0 Å². The number of aromatic nitrogens is 1. The van der Waals surface area contributed by atoms with Gasteiger partial charge in [-0.05, 0) is 13.3 Å². The Morgan fingerprint density at radius 3 is 2.83 bits per heavy atom. The number of hydrogen-bond donors (Lipinski definition) is 1. The normalized spacial score (nSPS) is 23.3. The van der Waals surface area contributed by atoms with E-state index in [0.717, 1.165) is 11.4 Å². The first-order valence-corrected chi connectivity index (χ1v) is 7.50.